The molecule has 0 radical (unpaired) electrons. The van der Waals surface area contributed by atoms with E-state index in [4.69, 9.17) is 0 Å². The predicted molar refractivity (Wildman–Crippen MR) is 60.5 cm³/mol. The number of carbonyl (C=O) groups excluding carboxylic acids is 1. The van der Waals surface area contributed by atoms with Crippen molar-refractivity contribution in [3.05, 3.63) is 39.2 Å². The molecule has 0 saturated heterocycles. The minimum absolute atomic E-state index is 0.0910. The summed E-state index contributed by atoms with van der Waals surface area (Å²) in [5.41, 5.74) is -0.479. The number of ether oxygens (including phenoxy) is 1. The summed E-state index contributed by atoms with van der Waals surface area (Å²) in [4.78, 5) is 20.9. The highest BCUT2D eigenvalue weighted by molar-refractivity contribution is 5.92. The smallest absolute Gasteiger partial charge is 0.338 e. The van der Waals surface area contributed by atoms with E-state index in [2.05, 4.69) is 4.74 Å². The Morgan fingerprint density at radius 2 is 1.94 bits per heavy atom. The van der Waals surface area contributed by atoms with Crippen LogP contribution in [0, 0.1) is 22.9 Å². The minimum Gasteiger partial charge on any atom is -0.465 e. The molecule has 0 aliphatic rings. The van der Waals surface area contributed by atoms with Crippen LogP contribution >= 0.6 is 0 Å². The van der Waals surface area contributed by atoms with Gasteiger partial charge in [0, 0.05) is 5.56 Å². The van der Waals surface area contributed by atoms with Crippen molar-refractivity contribution in [2.45, 2.75) is 20.8 Å². The third-order valence-electron chi connectivity index (χ3n) is 1.95. The number of benzene rings is 1. The summed E-state index contributed by atoms with van der Waals surface area (Å²) in [5.74, 6) is -1.64. The molecule has 0 N–H and O–H groups in total. The van der Waals surface area contributed by atoms with Gasteiger partial charge in [0.1, 0.15) is 5.82 Å². The minimum atomic E-state index is -0.840. The maximum absolute atomic E-state index is 13.0. The maximum Gasteiger partial charge on any atom is 0.338 e. The lowest BCUT2D eigenvalue weighted by molar-refractivity contribution is -0.385. The van der Waals surface area contributed by atoms with Crippen LogP contribution in [0.15, 0.2) is 12.1 Å². The van der Waals surface area contributed by atoms with Crippen LogP contribution in [-0.4, -0.2) is 18.0 Å². The summed E-state index contributed by atoms with van der Waals surface area (Å²) >= 11 is 0. The van der Waals surface area contributed by atoms with E-state index in [9.17, 15) is 19.3 Å². The molecule has 1 aromatic carbocycles. The standard InChI is InChI=1S/C9H8FNO4.C2H6/c1-5-7(9(12)15-2)3-6(10)4-8(5)11(13)14;1-2/h3-4H,1-2H3;1-2H3. The van der Waals surface area contributed by atoms with Crippen molar-refractivity contribution in [1.82, 2.24) is 0 Å². The SMILES string of the molecule is CC.COC(=O)c1cc(F)cc([N+](=O)[O-])c1C. The Bertz CT molecular complexity index is 432. The molecule has 0 amide bonds. The van der Waals surface area contributed by atoms with E-state index < -0.39 is 22.4 Å². The molecule has 0 unspecified atom stereocenters. The summed E-state index contributed by atoms with van der Waals surface area (Å²) in [7, 11) is 1.12. The fraction of sp³-hybridized carbons (Fsp3) is 0.364. The fourth-order valence-corrected chi connectivity index (χ4v) is 1.18. The van der Waals surface area contributed by atoms with Gasteiger partial charge in [0.05, 0.1) is 23.7 Å². The first-order valence-electron chi connectivity index (χ1n) is 5.00. The van der Waals surface area contributed by atoms with Crippen molar-refractivity contribution in [3.8, 4) is 0 Å². The van der Waals surface area contributed by atoms with Crippen molar-refractivity contribution in [3.63, 3.8) is 0 Å². The Labute approximate surface area is 98.4 Å². The van der Waals surface area contributed by atoms with Gasteiger partial charge in [-0.2, -0.15) is 0 Å². The number of esters is 1. The van der Waals surface area contributed by atoms with Crippen molar-refractivity contribution < 1.29 is 18.8 Å². The molecule has 0 aliphatic carbocycles. The number of methoxy groups -OCH3 is 1. The number of hydrogen-bond donors (Lipinski definition) is 0. The molecule has 0 aromatic heterocycles. The summed E-state index contributed by atoms with van der Waals surface area (Å²) in [6.45, 7) is 5.36. The number of nitro groups is 1. The van der Waals surface area contributed by atoms with Gasteiger partial charge >= 0.3 is 5.97 Å². The number of carbonyl (C=O) groups is 1. The normalized spacial score (nSPS) is 9.00. The fourth-order valence-electron chi connectivity index (χ4n) is 1.18. The van der Waals surface area contributed by atoms with Crippen LogP contribution in [0.25, 0.3) is 0 Å². The van der Waals surface area contributed by atoms with Crippen LogP contribution < -0.4 is 0 Å². The molecule has 1 aromatic rings. The van der Waals surface area contributed by atoms with E-state index in [0.717, 1.165) is 19.2 Å². The van der Waals surface area contributed by atoms with Crippen molar-refractivity contribution in [2.24, 2.45) is 0 Å². The molecule has 5 nitrogen and oxygen atoms in total. The largest absolute Gasteiger partial charge is 0.465 e. The second-order valence-electron chi connectivity index (χ2n) is 2.85. The molecule has 94 valence electrons. The number of nitrogens with zero attached hydrogens (tertiary/aromatic N) is 1. The van der Waals surface area contributed by atoms with Gasteiger partial charge in [-0.15, -0.1) is 0 Å². The van der Waals surface area contributed by atoms with Crippen LogP contribution in [0.3, 0.4) is 0 Å². The highest BCUT2D eigenvalue weighted by atomic mass is 19.1. The van der Waals surface area contributed by atoms with Crippen LogP contribution in [0.1, 0.15) is 29.8 Å². The molecule has 0 bridgehead atoms. The van der Waals surface area contributed by atoms with Crippen LogP contribution in [0.4, 0.5) is 10.1 Å². The maximum atomic E-state index is 13.0. The van der Waals surface area contributed by atoms with Crippen molar-refractivity contribution in [1.29, 1.82) is 0 Å². The quantitative estimate of drug-likeness (QED) is 0.455. The predicted octanol–water partition coefficient (Wildman–Crippen LogP) is 2.86. The Balaban J connectivity index is 0.00000121. The molecule has 0 saturated carbocycles. The monoisotopic (exact) mass is 243 g/mol. The Hall–Kier alpha value is -1.98. The molecule has 0 fully saturated rings. The molecular weight excluding hydrogens is 229 g/mol. The highest BCUT2D eigenvalue weighted by Gasteiger charge is 2.20. The van der Waals surface area contributed by atoms with E-state index >= 15 is 0 Å². The van der Waals surface area contributed by atoms with Crippen LogP contribution in [-0.2, 0) is 4.74 Å². The first-order valence-corrected chi connectivity index (χ1v) is 5.00. The first-order chi connectivity index (χ1) is 7.97. The molecule has 0 spiro atoms. The van der Waals surface area contributed by atoms with Gasteiger partial charge in [-0.1, -0.05) is 13.8 Å². The third-order valence-corrected chi connectivity index (χ3v) is 1.95. The highest BCUT2D eigenvalue weighted by Crippen LogP contribution is 2.23. The zero-order valence-electron chi connectivity index (χ0n) is 10.1. The summed E-state index contributed by atoms with van der Waals surface area (Å²) in [6, 6.07) is 1.68. The van der Waals surface area contributed by atoms with E-state index in [0.29, 0.717) is 0 Å². The lowest BCUT2D eigenvalue weighted by atomic mass is 10.1. The van der Waals surface area contributed by atoms with Gasteiger partial charge in [-0.25, -0.2) is 9.18 Å². The number of hydrogen-bond acceptors (Lipinski definition) is 4. The molecule has 1 rings (SSSR count). The van der Waals surface area contributed by atoms with Crippen LogP contribution in [0.2, 0.25) is 0 Å². The second kappa shape index (κ2) is 6.57. The molecule has 0 atom stereocenters. The number of rotatable bonds is 2. The Morgan fingerprint density at radius 1 is 1.41 bits per heavy atom. The lowest BCUT2D eigenvalue weighted by Gasteiger charge is -2.04. The Morgan fingerprint density at radius 3 is 2.35 bits per heavy atom. The second-order valence-corrected chi connectivity index (χ2v) is 2.85. The van der Waals surface area contributed by atoms with E-state index in [1.807, 2.05) is 13.8 Å². The third kappa shape index (κ3) is 3.51. The summed E-state index contributed by atoms with van der Waals surface area (Å²) in [5, 5.41) is 10.5. The molecular formula is C11H14FNO4. The Kier molecular flexibility index (Phi) is 5.80. The molecule has 17 heavy (non-hydrogen) atoms. The van der Waals surface area contributed by atoms with Gasteiger partial charge in [0.25, 0.3) is 5.69 Å². The van der Waals surface area contributed by atoms with E-state index in [-0.39, 0.29) is 11.1 Å². The van der Waals surface area contributed by atoms with E-state index in [1.165, 1.54) is 6.92 Å². The average molecular weight is 243 g/mol. The lowest BCUT2D eigenvalue weighted by Crippen LogP contribution is -2.06. The first kappa shape index (κ1) is 15.0. The zero-order chi connectivity index (χ0) is 13.6. The van der Waals surface area contributed by atoms with Crippen LogP contribution in [0.5, 0.6) is 0 Å². The average Bonchev–Trinajstić information content (AvgIpc) is 2.33. The number of halogens is 1. The molecule has 0 heterocycles. The van der Waals surface area contributed by atoms with Gasteiger partial charge in [0.15, 0.2) is 0 Å². The van der Waals surface area contributed by atoms with Gasteiger partial charge in [-0.3, -0.25) is 10.1 Å². The molecule has 0 aliphatic heterocycles. The summed E-state index contributed by atoms with van der Waals surface area (Å²) in [6.07, 6.45) is 0. The topological polar surface area (TPSA) is 69.4 Å². The number of nitro benzene ring substituents is 1. The van der Waals surface area contributed by atoms with Crippen molar-refractivity contribution >= 4 is 11.7 Å². The van der Waals surface area contributed by atoms with Gasteiger partial charge in [-0.05, 0) is 13.0 Å². The molecule has 6 heteroatoms. The van der Waals surface area contributed by atoms with Gasteiger partial charge < -0.3 is 4.74 Å². The van der Waals surface area contributed by atoms with Gasteiger partial charge in [0.2, 0.25) is 0 Å². The van der Waals surface area contributed by atoms with Crippen molar-refractivity contribution in [2.75, 3.05) is 7.11 Å². The zero-order valence-corrected chi connectivity index (χ0v) is 10.1. The summed E-state index contributed by atoms with van der Waals surface area (Å²) < 4.78 is 17.3. The van der Waals surface area contributed by atoms with E-state index in [1.54, 1.807) is 0 Å².